The Morgan fingerprint density at radius 1 is 1.73 bits per heavy atom. The van der Waals surface area contributed by atoms with Crippen molar-refractivity contribution in [1.29, 1.82) is 0 Å². The number of halogens is 1. The van der Waals surface area contributed by atoms with E-state index in [1.807, 2.05) is 0 Å². The van der Waals surface area contributed by atoms with E-state index in [9.17, 15) is 4.39 Å². The fourth-order valence-corrected chi connectivity index (χ4v) is 0.621. The Morgan fingerprint density at radius 2 is 2.55 bits per heavy atom. The molecule has 0 spiro atoms. The first-order valence-electron chi connectivity index (χ1n) is 3.06. The molecule has 0 amide bonds. The zero-order valence-electron chi connectivity index (χ0n) is 5.80. The molecule has 0 aliphatic rings. The molecule has 0 saturated heterocycles. The van der Waals surface area contributed by atoms with Crippen LogP contribution in [0.15, 0.2) is 18.2 Å². The largest absolute Gasteiger partial charge is 0.480 e. The van der Waals surface area contributed by atoms with Gasteiger partial charge in [0.05, 0.1) is 0 Å². The van der Waals surface area contributed by atoms with Crippen LogP contribution < -0.4 is 4.74 Å². The normalized spacial score (nSPS) is 8.73. The first-order chi connectivity index (χ1) is 5.33. The van der Waals surface area contributed by atoms with Crippen LogP contribution in [0.3, 0.4) is 0 Å². The van der Waals surface area contributed by atoms with Crippen LogP contribution in [0.1, 0.15) is 0 Å². The molecule has 0 atom stereocenters. The molecule has 0 aliphatic carbocycles. The van der Waals surface area contributed by atoms with E-state index >= 15 is 0 Å². The fourth-order valence-electron chi connectivity index (χ4n) is 0.621. The molecule has 0 bridgehead atoms. The van der Waals surface area contributed by atoms with Crippen molar-refractivity contribution in [3.63, 3.8) is 0 Å². The molecule has 0 N–H and O–H groups in total. The molecular formula is C9H6FO. The summed E-state index contributed by atoms with van der Waals surface area (Å²) in [5.41, 5.74) is 0. The Hall–Kier alpha value is -1.49. The van der Waals surface area contributed by atoms with Crippen molar-refractivity contribution in [2.24, 2.45) is 0 Å². The van der Waals surface area contributed by atoms with Crippen LogP contribution >= 0.6 is 0 Å². The van der Waals surface area contributed by atoms with Crippen LogP contribution in [-0.2, 0) is 0 Å². The van der Waals surface area contributed by atoms with Crippen LogP contribution in [-0.4, -0.2) is 6.61 Å². The molecule has 0 aromatic heterocycles. The Morgan fingerprint density at radius 3 is 3.18 bits per heavy atom. The maximum absolute atomic E-state index is 12.4. The molecule has 0 heterocycles. The maximum Gasteiger partial charge on any atom is 0.148 e. The molecule has 55 valence electrons. The number of benzene rings is 1. The molecule has 11 heavy (non-hydrogen) atoms. The van der Waals surface area contributed by atoms with Crippen molar-refractivity contribution < 1.29 is 9.13 Å². The fraction of sp³-hybridized carbons (Fsp3) is 0.111. The van der Waals surface area contributed by atoms with E-state index in [2.05, 4.69) is 12.0 Å². The van der Waals surface area contributed by atoms with E-state index in [0.29, 0.717) is 5.75 Å². The van der Waals surface area contributed by atoms with Gasteiger partial charge in [-0.2, -0.15) is 0 Å². The van der Waals surface area contributed by atoms with E-state index in [-0.39, 0.29) is 12.4 Å². The van der Waals surface area contributed by atoms with Gasteiger partial charge in [0.15, 0.2) is 0 Å². The van der Waals surface area contributed by atoms with Gasteiger partial charge in [-0.25, -0.2) is 4.39 Å². The summed E-state index contributed by atoms with van der Waals surface area (Å²) in [6, 6.07) is 6.66. The summed E-state index contributed by atoms with van der Waals surface area (Å²) in [4.78, 5) is 0. The average molecular weight is 149 g/mol. The van der Waals surface area contributed by atoms with Crippen molar-refractivity contribution in [3.8, 4) is 18.1 Å². The van der Waals surface area contributed by atoms with Crippen molar-refractivity contribution >= 4 is 0 Å². The third kappa shape index (κ3) is 2.30. The molecule has 1 radical (unpaired) electrons. The molecular weight excluding hydrogens is 143 g/mol. The molecule has 0 fully saturated rings. The smallest absolute Gasteiger partial charge is 0.148 e. The van der Waals surface area contributed by atoms with Crippen molar-refractivity contribution in [3.05, 3.63) is 30.1 Å². The van der Waals surface area contributed by atoms with Gasteiger partial charge in [-0.3, -0.25) is 0 Å². The standard InChI is InChI=1S/C9H6FO/c1-2-6-11-9-5-3-4-8(10)7-9/h1,3-4,7H,6H2. The minimum absolute atomic E-state index is 0.139. The summed E-state index contributed by atoms with van der Waals surface area (Å²) in [5.74, 6) is 2.26. The van der Waals surface area contributed by atoms with Gasteiger partial charge in [0.1, 0.15) is 18.2 Å². The third-order valence-electron chi connectivity index (χ3n) is 1.05. The van der Waals surface area contributed by atoms with Crippen LogP contribution in [0, 0.1) is 24.2 Å². The second-order valence-corrected chi connectivity index (χ2v) is 1.86. The van der Waals surface area contributed by atoms with E-state index in [0.717, 1.165) is 0 Å². The van der Waals surface area contributed by atoms with Crippen molar-refractivity contribution in [2.45, 2.75) is 0 Å². The minimum atomic E-state index is -0.351. The zero-order valence-corrected chi connectivity index (χ0v) is 5.80. The first kappa shape index (κ1) is 7.62. The molecule has 1 aromatic rings. The van der Waals surface area contributed by atoms with Crippen LogP contribution in [0.4, 0.5) is 4.39 Å². The Balaban J connectivity index is 2.65. The van der Waals surface area contributed by atoms with Crippen LogP contribution in [0.25, 0.3) is 0 Å². The van der Waals surface area contributed by atoms with Crippen LogP contribution in [0.5, 0.6) is 5.75 Å². The van der Waals surface area contributed by atoms with Gasteiger partial charge in [-0.05, 0) is 12.1 Å². The summed E-state index contributed by atoms with van der Waals surface area (Å²) < 4.78 is 17.3. The summed E-state index contributed by atoms with van der Waals surface area (Å²) in [6.45, 7) is 0.139. The predicted octanol–water partition coefficient (Wildman–Crippen LogP) is 1.64. The lowest BCUT2D eigenvalue weighted by molar-refractivity contribution is 0.367. The molecule has 1 aromatic carbocycles. The molecule has 2 heteroatoms. The number of rotatable bonds is 2. The van der Waals surface area contributed by atoms with E-state index in [4.69, 9.17) is 11.2 Å². The van der Waals surface area contributed by atoms with Crippen LogP contribution in [0.2, 0.25) is 0 Å². The second-order valence-electron chi connectivity index (χ2n) is 1.86. The van der Waals surface area contributed by atoms with Gasteiger partial charge in [0.2, 0.25) is 0 Å². The summed E-state index contributed by atoms with van der Waals surface area (Å²) in [5, 5.41) is 0. The molecule has 0 aliphatic heterocycles. The zero-order chi connectivity index (χ0) is 8.10. The molecule has 0 unspecified atom stereocenters. The summed E-state index contributed by atoms with van der Waals surface area (Å²) >= 11 is 0. The monoisotopic (exact) mass is 149 g/mol. The number of ether oxygens (including phenoxy) is 1. The van der Waals surface area contributed by atoms with Gasteiger partial charge in [-0.15, -0.1) is 6.42 Å². The highest BCUT2D eigenvalue weighted by molar-refractivity contribution is 5.21. The topological polar surface area (TPSA) is 9.23 Å². The Bertz CT molecular complexity index is 275. The van der Waals surface area contributed by atoms with Gasteiger partial charge < -0.3 is 4.74 Å². The quantitative estimate of drug-likeness (QED) is 0.581. The summed E-state index contributed by atoms with van der Waals surface area (Å²) in [6.07, 6.45) is 4.93. The molecule has 1 rings (SSSR count). The highest BCUT2D eigenvalue weighted by Crippen LogP contribution is 2.10. The highest BCUT2D eigenvalue weighted by Gasteiger charge is 1.93. The van der Waals surface area contributed by atoms with E-state index in [1.165, 1.54) is 18.2 Å². The Labute approximate surface area is 64.8 Å². The number of hydrogen-bond donors (Lipinski definition) is 0. The number of terminal acetylenes is 1. The lowest BCUT2D eigenvalue weighted by atomic mass is 10.3. The van der Waals surface area contributed by atoms with E-state index < -0.39 is 0 Å². The molecule has 1 nitrogen and oxygen atoms in total. The molecule has 0 saturated carbocycles. The van der Waals surface area contributed by atoms with Crippen molar-refractivity contribution in [2.75, 3.05) is 6.61 Å². The van der Waals surface area contributed by atoms with Gasteiger partial charge in [-0.1, -0.05) is 5.92 Å². The Kier molecular flexibility index (Phi) is 2.51. The van der Waals surface area contributed by atoms with Gasteiger partial charge in [0, 0.05) is 12.1 Å². The van der Waals surface area contributed by atoms with Gasteiger partial charge >= 0.3 is 0 Å². The highest BCUT2D eigenvalue weighted by atomic mass is 19.1. The predicted molar refractivity (Wildman–Crippen MR) is 39.6 cm³/mol. The first-order valence-corrected chi connectivity index (χ1v) is 3.06. The van der Waals surface area contributed by atoms with Gasteiger partial charge in [0.25, 0.3) is 0 Å². The van der Waals surface area contributed by atoms with E-state index in [1.54, 1.807) is 0 Å². The second kappa shape index (κ2) is 3.62. The minimum Gasteiger partial charge on any atom is -0.480 e. The summed E-state index contributed by atoms with van der Waals surface area (Å²) in [7, 11) is 0. The SMILES string of the molecule is C#CCOc1[c]ccc(F)c1. The number of hydrogen-bond acceptors (Lipinski definition) is 1. The maximum atomic E-state index is 12.4. The lowest BCUT2D eigenvalue weighted by Gasteiger charge is -1.99. The third-order valence-corrected chi connectivity index (χ3v) is 1.05. The lowest BCUT2D eigenvalue weighted by Crippen LogP contribution is -1.93. The average Bonchev–Trinajstić information content (AvgIpc) is 2.01. The van der Waals surface area contributed by atoms with Crippen molar-refractivity contribution in [1.82, 2.24) is 0 Å².